The summed E-state index contributed by atoms with van der Waals surface area (Å²) in [5.74, 6) is 0.00892. The van der Waals surface area contributed by atoms with Crippen LogP contribution in [0.25, 0.3) is 0 Å². The lowest BCUT2D eigenvalue weighted by Gasteiger charge is -2.24. The Morgan fingerprint density at radius 3 is 2.58 bits per heavy atom. The van der Waals surface area contributed by atoms with E-state index in [4.69, 9.17) is 4.42 Å². The van der Waals surface area contributed by atoms with Gasteiger partial charge in [0.1, 0.15) is 5.76 Å². The first kappa shape index (κ1) is 20.7. The van der Waals surface area contributed by atoms with Crippen molar-refractivity contribution in [3.05, 3.63) is 82.8 Å². The molecule has 0 radical (unpaired) electrons. The van der Waals surface area contributed by atoms with Crippen molar-refractivity contribution in [1.82, 2.24) is 5.32 Å². The van der Waals surface area contributed by atoms with E-state index in [-0.39, 0.29) is 18.4 Å². The monoisotopic (exact) mass is 417 g/mol. The highest BCUT2D eigenvalue weighted by Gasteiger charge is 2.28. The van der Waals surface area contributed by atoms with Crippen LogP contribution in [-0.2, 0) is 17.8 Å². The van der Waals surface area contributed by atoms with E-state index in [1.165, 1.54) is 17.5 Å². The molecule has 3 aromatic rings. The predicted octanol–water partition coefficient (Wildman–Crippen LogP) is 4.22. The number of para-hydroxylation sites is 2. The molecular formula is C25H27N3O3. The van der Waals surface area contributed by atoms with Crippen LogP contribution in [0.3, 0.4) is 0 Å². The number of carbonyl (C=O) groups is 2. The fourth-order valence-electron chi connectivity index (χ4n) is 4.14. The van der Waals surface area contributed by atoms with E-state index in [9.17, 15) is 9.59 Å². The molecule has 0 aliphatic carbocycles. The molecule has 1 aliphatic heterocycles. The molecule has 0 bridgehead atoms. The number of furan rings is 1. The third-order valence-electron chi connectivity index (χ3n) is 5.81. The Balaban J connectivity index is 1.40. The number of amides is 2. The molecule has 0 saturated heterocycles. The maximum absolute atomic E-state index is 12.7. The maximum Gasteiger partial charge on any atom is 0.255 e. The Hall–Kier alpha value is -3.54. The van der Waals surface area contributed by atoms with Gasteiger partial charge in [0.2, 0.25) is 5.91 Å². The summed E-state index contributed by atoms with van der Waals surface area (Å²) in [4.78, 5) is 27.4. The molecular weight excluding hydrogens is 390 g/mol. The Kier molecular flexibility index (Phi) is 5.80. The number of nitrogens with zero attached hydrogens (tertiary/aromatic N) is 1. The summed E-state index contributed by atoms with van der Waals surface area (Å²) in [6.45, 7) is 6.44. The largest absolute Gasteiger partial charge is 0.467 e. The van der Waals surface area contributed by atoms with Gasteiger partial charge >= 0.3 is 0 Å². The molecule has 0 spiro atoms. The molecule has 6 heteroatoms. The van der Waals surface area contributed by atoms with Crippen LogP contribution in [0.1, 0.15) is 39.7 Å². The molecule has 160 valence electrons. The van der Waals surface area contributed by atoms with Crippen molar-refractivity contribution in [2.45, 2.75) is 39.8 Å². The van der Waals surface area contributed by atoms with E-state index in [1.807, 2.05) is 44.2 Å². The molecule has 1 unspecified atom stereocenters. The number of aryl methyl sites for hydroxylation is 2. The summed E-state index contributed by atoms with van der Waals surface area (Å²) in [7, 11) is 0. The predicted molar refractivity (Wildman–Crippen MR) is 121 cm³/mol. The van der Waals surface area contributed by atoms with E-state index < -0.39 is 0 Å². The third-order valence-corrected chi connectivity index (χ3v) is 5.81. The minimum Gasteiger partial charge on any atom is -0.467 e. The summed E-state index contributed by atoms with van der Waals surface area (Å²) < 4.78 is 5.64. The molecule has 1 atom stereocenters. The number of carbonyl (C=O) groups excluding carboxylic acids is 2. The Morgan fingerprint density at radius 1 is 1.06 bits per heavy atom. The second-order valence-corrected chi connectivity index (χ2v) is 8.06. The fraction of sp³-hybridized carbons (Fsp3) is 0.280. The number of benzene rings is 2. The highest BCUT2D eigenvalue weighted by molar-refractivity contribution is 6.00. The Labute approximate surface area is 182 Å². The smallest absolute Gasteiger partial charge is 0.255 e. The summed E-state index contributed by atoms with van der Waals surface area (Å²) in [5.41, 5.74) is 5.68. The first-order chi connectivity index (χ1) is 14.9. The summed E-state index contributed by atoms with van der Waals surface area (Å²) in [6, 6.07) is 16.1. The zero-order chi connectivity index (χ0) is 22.0. The van der Waals surface area contributed by atoms with E-state index in [0.717, 1.165) is 23.2 Å². The SMILES string of the molecule is Cc1cccc(C)c1NC(=O)CNC(=O)c1ccoc1CN1c2ccccc2CC1C. The van der Waals surface area contributed by atoms with Crippen molar-refractivity contribution in [3.63, 3.8) is 0 Å². The molecule has 0 fully saturated rings. The van der Waals surface area contributed by atoms with E-state index in [2.05, 4.69) is 34.6 Å². The highest BCUT2D eigenvalue weighted by Crippen LogP contribution is 2.33. The van der Waals surface area contributed by atoms with Crippen molar-refractivity contribution in [3.8, 4) is 0 Å². The van der Waals surface area contributed by atoms with Gasteiger partial charge in [-0.25, -0.2) is 0 Å². The number of hydrogen-bond donors (Lipinski definition) is 2. The van der Waals surface area contributed by atoms with Crippen LogP contribution >= 0.6 is 0 Å². The maximum atomic E-state index is 12.7. The molecule has 2 aromatic carbocycles. The molecule has 6 nitrogen and oxygen atoms in total. The minimum absolute atomic E-state index is 0.111. The van der Waals surface area contributed by atoms with E-state index in [1.54, 1.807) is 6.07 Å². The number of hydrogen-bond acceptors (Lipinski definition) is 4. The van der Waals surface area contributed by atoms with E-state index in [0.29, 0.717) is 23.9 Å². The summed E-state index contributed by atoms with van der Waals surface area (Å²) in [5, 5.41) is 5.59. The normalized spacial score (nSPS) is 14.9. The highest BCUT2D eigenvalue weighted by atomic mass is 16.3. The number of anilines is 2. The van der Waals surface area contributed by atoms with Gasteiger partial charge in [0.15, 0.2) is 0 Å². The average molecular weight is 418 g/mol. The third kappa shape index (κ3) is 4.33. The van der Waals surface area contributed by atoms with Crippen LogP contribution in [0.5, 0.6) is 0 Å². The zero-order valence-electron chi connectivity index (χ0n) is 18.1. The molecule has 2 amide bonds. The van der Waals surface area contributed by atoms with Gasteiger partial charge < -0.3 is 20.0 Å². The Bertz CT molecular complexity index is 1100. The molecule has 1 aromatic heterocycles. The number of nitrogens with one attached hydrogen (secondary N) is 2. The van der Waals surface area contributed by atoms with Crippen LogP contribution < -0.4 is 15.5 Å². The molecule has 2 N–H and O–H groups in total. The van der Waals surface area contributed by atoms with Gasteiger partial charge in [-0.2, -0.15) is 0 Å². The first-order valence-corrected chi connectivity index (χ1v) is 10.5. The van der Waals surface area contributed by atoms with Crippen LogP contribution in [0.4, 0.5) is 11.4 Å². The van der Waals surface area contributed by atoms with Crippen LogP contribution in [0.2, 0.25) is 0 Å². The standard InChI is InChI=1S/C25H27N3O3/c1-16-7-6-8-17(2)24(16)27-23(29)14-26-25(30)20-11-12-31-22(20)15-28-18(3)13-19-9-4-5-10-21(19)28/h4-12,18H,13-15H2,1-3H3,(H,26,30)(H,27,29). The van der Waals surface area contributed by atoms with Gasteiger partial charge in [0, 0.05) is 17.4 Å². The molecule has 0 saturated carbocycles. The van der Waals surface area contributed by atoms with Gasteiger partial charge in [-0.1, -0.05) is 36.4 Å². The lowest BCUT2D eigenvalue weighted by atomic mass is 10.1. The van der Waals surface area contributed by atoms with Crippen molar-refractivity contribution in [1.29, 1.82) is 0 Å². The van der Waals surface area contributed by atoms with Gasteiger partial charge in [0.05, 0.1) is 24.9 Å². The second kappa shape index (κ2) is 8.68. The first-order valence-electron chi connectivity index (χ1n) is 10.5. The molecule has 4 rings (SSSR count). The average Bonchev–Trinajstić information content (AvgIpc) is 3.34. The zero-order valence-corrected chi connectivity index (χ0v) is 18.1. The van der Waals surface area contributed by atoms with Crippen LogP contribution in [-0.4, -0.2) is 24.4 Å². The van der Waals surface area contributed by atoms with Gasteiger partial charge in [-0.05, 0) is 56.0 Å². The summed E-state index contributed by atoms with van der Waals surface area (Å²) >= 11 is 0. The lowest BCUT2D eigenvalue weighted by molar-refractivity contribution is -0.115. The van der Waals surface area contributed by atoms with Gasteiger partial charge in [-0.3, -0.25) is 9.59 Å². The van der Waals surface area contributed by atoms with Crippen molar-refractivity contribution >= 4 is 23.2 Å². The van der Waals surface area contributed by atoms with E-state index >= 15 is 0 Å². The molecule has 31 heavy (non-hydrogen) atoms. The Morgan fingerprint density at radius 2 is 1.81 bits per heavy atom. The number of rotatable bonds is 6. The molecule has 1 aliphatic rings. The quantitative estimate of drug-likeness (QED) is 0.630. The number of fused-ring (bicyclic) bond motifs is 1. The molecule has 2 heterocycles. The topological polar surface area (TPSA) is 74.6 Å². The van der Waals surface area contributed by atoms with Gasteiger partial charge in [0.25, 0.3) is 5.91 Å². The fourth-order valence-corrected chi connectivity index (χ4v) is 4.14. The van der Waals surface area contributed by atoms with Crippen molar-refractivity contribution < 1.29 is 14.0 Å². The van der Waals surface area contributed by atoms with Crippen LogP contribution in [0.15, 0.2) is 59.2 Å². The minimum atomic E-state index is -0.319. The summed E-state index contributed by atoms with van der Waals surface area (Å²) in [6.07, 6.45) is 2.49. The van der Waals surface area contributed by atoms with Crippen molar-refractivity contribution in [2.24, 2.45) is 0 Å². The second-order valence-electron chi connectivity index (χ2n) is 8.06. The van der Waals surface area contributed by atoms with Gasteiger partial charge in [-0.15, -0.1) is 0 Å². The lowest BCUT2D eigenvalue weighted by Crippen LogP contribution is -2.34. The van der Waals surface area contributed by atoms with Crippen LogP contribution in [0, 0.1) is 13.8 Å². The van der Waals surface area contributed by atoms with Crippen molar-refractivity contribution in [2.75, 3.05) is 16.8 Å².